The fraction of sp³-hybridized carbons (Fsp3) is 0.679. The van der Waals surface area contributed by atoms with E-state index in [-0.39, 0.29) is 37.5 Å². The summed E-state index contributed by atoms with van der Waals surface area (Å²) in [5.74, 6) is -1.01. The number of unbranched alkanes of at least 4 members (excludes halogenated alkanes) is 17. The standard InChI is InChI=1S/C53H88O6/c1-4-7-10-13-16-19-22-23-24-25-26-27-28-29-32-34-37-40-43-46-52(55)58-49-50(59-53(56)47-44-41-38-35-31-21-18-15-12-9-6-3)48-57-51(54)45-42-39-36-33-30-20-17-14-11-8-5-2/h7,10,15-16,18-19,23-24,26-27,29,32,37,40,50H,4-6,8-9,11-14,17,20-22,25,28,30-31,33-36,38-39,41-49H2,1-3H3/b10-7-,18-15-,19-16-,24-23-,27-26-,32-29-,40-37-. The lowest BCUT2D eigenvalue weighted by atomic mass is 10.1. The van der Waals surface area contributed by atoms with Crippen LogP contribution < -0.4 is 0 Å². The van der Waals surface area contributed by atoms with Gasteiger partial charge in [-0.15, -0.1) is 0 Å². The summed E-state index contributed by atoms with van der Waals surface area (Å²) in [7, 11) is 0. The second kappa shape index (κ2) is 47.3. The van der Waals surface area contributed by atoms with E-state index in [2.05, 4.69) is 93.7 Å². The lowest BCUT2D eigenvalue weighted by molar-refractivity contribution is -0.166. The average molecular weight is 821 g/mol. The average Bonchev–Trinajstić information content (AvgIpc) is 3.23. The van der Waals surface area contributed by atoms with Crippen LogP contribution in [0.1, 0.15) is 213 Å². The topological polar surface area (TPSA) is 78.9 Å². The normalized spacial score (nSPS) is 12.8. The van der Waals surface area contributed by atoms with Crippen LogP contribution in [0.5, 0.6) is 0 Å². The van der Waals surface area contributed by atoms with Gasteiger partial charge in [-0.25, -0.2) is 0 Å². The highest BCUT2D eigenvalue weighted by Gasteiger charge is 2.19. The maximum absolute atomic E-state index is 12.7. The lowest BCUT2D eigenvalue weighted by Crippen LogP contribution is -2.30. The van der Waals surface area contributed by atoms with Crippen LogP contribution >= 0.6 is 0 Å². The SMILES string of the molecule is CC/C=C\C/C=C\C/C=C\C/C=C\C/C=C\C/C=C\CCC(=O)OCC(COC(=O)CCCCCCCCCCCCC)OC(=O)CCCCCCC/C=C\CCCC. The quantitative estimate of drug-likeness (QED) is 0.0264. The summed E-state index contributed by atoms with van der Waals surface area (Å²) >= 11 is 0. The van der Waals surface area contributed by atoms with Crippen molar-refractivity contribution in [2.24, 2.45) is 0 Å². The predicted octanol–water partition coefficient (Wildman–Crippen LogP) is 15.6. The van der Waals surface area contributed by atoms with Gasteiger partial charge in [0.25, 0.3) is 0 Å². The van der Waals surface area contributed by atoms with E-state index >= 15 is 0 Å². The molecule has 6 heteroatoms. The molecule has 0 radical (unpaired) electrons. The molecule has 0 amide bonds. The zero-order chi connectivity index (χ0) is 43.0. The van der Waals surface area contributed by atoms with Crippen molar-refractivity contribution in [2.75, 3.05) is 13.2 Å². The van der Waals surface area contributed by atoms with Crippen LogP contribution in [0.3, 0.4) is 0 Å². The Morgan fingerprint density at radius 2 is 0.712 bits per heavy atom. The molecular formula is C53H88O6. The monoisotopic (exact) mass is 821 g/mol. The highest BCUT2D eigenvalue weighted by Crippen LogP contribution is 2.13. The van der Waals surface area contributed by atoms with Gasteiger partial charge >= 0.3 is 17.9 Å². The van der Waals surface area contributed by atoms with Crippen molar-refractivity contribution >= 4 is 17.9 Å². The third-order valence-corrected chi connectivity index (χ3v) is 9.90. The first-order chi connectivity index (χ1) is 29.0. The van der Waals surface area contributed by atoms with E-state index in [4.69, 9.17) is 14.2 Å². The van der Waals surface area contributed by atoms with Crippen molar-refractivity contribution in [3.63, 3.8) is 0 Å². The smallest absolute Gasteiger partial charge is 0.306 e. The van der Waals surface area contributed by atoms with Crippen LogP contribution in [0, 0.1) is 0 Å². The summed E-state index contributed by atoms with van der Waals surface area (Å²) in [6.07, 6.45) is 60.1. The van der Waals surface area contributed by atoms with Gasteiger partial charge in [0.1, 0.15) is 13.2 Å². The molecule has 0 N–H and O–H groups in total. The minimum absolute atomic E-state index is 0.102. The molecule has 0 aliphatic heterocycles. The fourth-order valence-electron chi connectivity index (χ4n) is 6.27. The Hall–Kier alpha value is -3.41. The molecule has 0 spiro atoms. The minimum Gasteiger partial charge on any atom is -0.462 e. The molecule has 6 nitrogen and oxygen atoms in total. The van der Waals surface area contributed by atoms with Crippen molar-refractivity contribution in [1.82, 2.24) is 0 Å². The summed E-state index contributed by atoms with van der Waals surface area (Å²) < 4.78 is 16.6. The summed E-state index contributed by atoms with van der Waals surface area (Å²) in [5, 5.41) is 0. The Bertz CT molecular complexity index is 1170. The molecule has 0 heterocycles. The third kappa shape index (κ3) is 45.5. The zero-order valence-electron chi connectivity index (χ0n) is 38.2. The maximum atomic E-state index is 12.7. The summed E-state index contributed by atoms with van der Waals surface area (Å²) in [4.78, 5) is 37.8. The van der Waals surface area contributed by atoms with Gasteiger partial charge < -0.3 is 14.2 Å². The van der Waals surface area contributed by atoms with E-state index < -0.39 is 6.10 Å². The van der Waals surface area contributed by atoms with Crippen LogP contribution in [-0.2, 0) is 28.6 Å². The molecular weight excluding hydrogens is 733 g/mol. The Labute approximate surface area is 363 Å². The maximum Gasteiger partial charge on any atom is 0.306 e. The first kappa shape index (κ1) is 55.6. The van der Waals surface area contributed by atoms with Gasteiger partial charge in [0.05, 0.1) is 0 Å². The summed E-state index contributed by atoms with van der Waals surface area (Å²) in [6.45, 7) is 6.39. The molecule has 0 rings (SSSR count). The first-order valence-corrected chi connectivity index (χ1v) is 24.1. The van der Waals surface area contributed by atoms with E-state index in [1.54, 1.807) is 0 Å². The van der Waals surface area contributed by atoms with Gasteiger partial charge in [0.15, 0.2) is 6.10 Å². The van der Waals surface area contributed by atoms with Crippen molar-refractivity contribution in [2.45, 2.75) is 219 Å². The van der Waals surface area contributed by atoms with Crippen LogP contribution in [0.15, 0.2) is 85.1 Å². The predicted molar refractivity (Wildman–Crippen MR) is 251 cm³/mol. The first-order valence-electron chi connectivity index (χ1n) is 24.1. The molecule has 0 aliphatic carbocycles. The second-order valence-electron chi connectivity index (χ2n) is 15.6. The fourth-order valence-corrected chi connectivity index (χ4v) is 6.27. The van der Waals surface area contributed by atoms with Crippen LogP contribution in [0.25, 0.3) is 0 Å². The zero-order valence-corrected chi connectivity index (χ0v) is 38.2. The molecule has 59 heavy (non-hydrogen) atoms. The third-order valence-electron chi connectivity index (χ3n) is 9.90. The van der Waals surface area contributed by atoms with Gasteiger partial charge in [-0.2, -0.15) is 0 Å². The molecule has 1 atom stereocenters. The summed E-state index contributed by atoms with van der Waals surface area (Å²) in [5.41, 5.74) is 0. The van der Waals surface area contributed by atoms with Gasteiger partial charge in [-0.1, -0.05) is 202 Å². The molecule has 0 aromatic carbocycles. The second-order valence-corrected chi connectivity index (χ2v) is 15.6. The highest BCUT2D eigenvalue weighted by molar-refractivity contribution is 5.71. The Morgan fingerprint density at radius 1 is 0.356 bits per heavy atom. The molecule has 1 unspecified atom stereocenters. The number of carbonyl (C=O) groups is 3. The number of hydrogen-bond acceptors (Lipinski definition) is 6. The van der Waals surface area contributed by atoms with Crippen LogP contribution in [-0.4, -0.2) is 37.2 Å². The molecule has 336 valence electrons. The van der Waals surface area contributed by atoms with Gasteiger partial charge in [0.2, 0.25) is 0 Å². The molecule has 0 saturated heterocycles. The Balaban J connectivity index is 4.48. The number of esters is 3. The summed E-state index contributed by atoms with van der Waals surface area (Å²) in [6, 6.07) is 0. The van der Waals surface area contributed by atoms with Crippen molar-refractivity contribution in [1.29, 1.82) is 0 Å². The van der Waals surface area contributed by atoms with E-state index in [0.717, 1.165) is 89.9 Å². The van der Waals surface area contributed by atoms with E-state index in [9.17, 15) is 14.4 Å². The number of carbonyl (C=O) groups excluding carboxylic acids is 3. The van der Waals surface area contributed by atoms with E-state index in [1.165, 1.54) is 77.0 Å². The number of ether oxygens (including phenoxy) is 3. The van der Waals surface area contributed by atoms with E-state index in [0.29, 0.717) is 19.3 Å². The minimum atomic E-state index is -0.807. The van der Waals surface area contributed by atoms with E-state index in [1.807, 2.05) is 12.2 Å². The lowest BCUT2D eigenvalue weighted by Gasteiger charge is -2.18. The van der Waals surface area contributed by atoms with Crippen molar-refractivity contribution < 1.29 is 28.6 Å². The molecule has 0 aromatic heterocycles. The highest BCUT2D eigenvalue weighted by atomic mass is 16.6. The number of rotatable bonds is 42. The Morgan fingerprint density at radius 3 is 1.19 bits per heavy atom. The Kier molecular flexibility index (Phi) is 44.5. The van der Waals surface area contributed by atoms with Gasteiger partial charge in [-0.3, -0.25) is 14.4 Å². The van der Waals surface area contributed by atoms with Crippen LogP contribution in [0.2, 0.25) is 0 Å². The molecule has 0 aromatic rings. The molecule has 0 saturated carbocycles. The largest absolute Gasteiger partial charge is 0.462 e. The van der Waals surface area contributed by atoms with Crippen molar-refractivity contribution in [3.8, 4) is 0 Å². The molecule has 0 aliphatic rings. The number of allylic oxidation sites excluding steroid dienone is 14. The molecule has 0 fully saturated rings. The van der Waals surface area contributed by atoms with Gasteiger partial charge in [0, 0.05) is 19.3 Å². The van der Waals surface area contributed by atoms with Crippen LogP contribution in [0.4, 0.5) is 0 Å². The molecule has 0 bridgehead atoms. The number of hydrogen-bond donors (Lipinski definition) is 0. The van der Waals surface area contributed by atoms with Crippen molar-refractivity contribution in [3.05, 3.63) is 85.1 Å². The van der Waals surface area contributed by atoms with Gasteiger partial charge in [-0.05, 0) is 77.0 Å².